The number of rotatable bonds is 5. The molecule has 2 heterocycles. The van der Waals surface area contributed by atoms with Crippen molar-refractivity contribution >= 4 is 5.82 Å². The molecule has 1 aromatic heterocycles. The molecule has 3 heteroatoms. The fourth-order valence-electron chi connectivity index (χ4n) is 3.64. The van der Waals surface area contributed by atoms with Gasteiger partial charge in [0.05, 0.1) is 0 Å². The van der Waals surface area contributed by atoms with E-state index in [0.717, 1.165) is 5.82 Å². The van der Waals surface area contributed by atoms with Crippen molar-refractivity contribution in [3.63, 3.8) is 0 Å². The van der Waals surface area contributed by atoms with Gasteiger partial charge in [0.1, 0.15) is 5.82 Å². The molecule has 0 N–H and O–H groups in total. The van der Waals surface area contributed by atoms with Gasteiger partial charge in [0.15, 0.2) is 0 Å². The number of anilines is 1. The first-order valence-corrected chi connectivity index (χ1v) is 8.41. The normalized spacial score (nSPS) is 20.0. The average Bonchev–Trinajstić information content (AvgIpc) is 2.88. The first kappa shape index (κ1) is 16.3. The Kier molecular flexibility index (Phi) is 5.26. The van der Waals surface area contributed by atoms with Crippen LogP contribution in [0.3, 0.4) is 0 Å². The van der Waals surface area contributed by atoms with E-state index in [-0.39, 0.29) is 0 Å². The van der Waals surface area contributed by atoms with Gasteiger partial charge < -0.3 is 4.90 Å². The molecule has 1 atom stereocenters. The Bertz CT molecular complexity index is 428. The van der Waals surface area contributed by atoms with Crippen LogP contribution >= 0.6 is 0 Å². The Morgan fingerprint density at radius 3 is 2.24 bits per heavy atom. The predicted molar refractivity (Wildman–Crippen MR) is 90.8 cm³/mol. The fraction of sp³-hybridized carbons (Fsp3) is 0.722. The number of nitrogens with zero attached hydrogens (tertiary/aromatic N) is 3. The largest absolute Gasteiger partial charge is 0.352 e. The molecular weight excluding hydrogens is 258 g/mol. The Morgan fingerprint density at radius 2 is 1.76 bits per heavy atom. The van der Waals surface area contributed by atoms with Crippen molar-refractivity contribution in [3.05, 3.63) is 23.9 Å². The van der Waals surface area contributed by atoms with Crippen molar-refractivity contribution in [2.24, 2.45) is 0 Å². The summed E-state index contributed by atoms with van der Waals surface area (Å²) in [6.07, 6.45) is 4.66. The quantitative estimate of drug-likeness (QED) is 0.808. The lowest BCUT2D eigenvalue weighted by atomic mass is 10.1. The molecule has 0 bridgehead atoms. The van der Waals surface area contributed by atoms with Crippen LogP contribution in [0.5, 0.6) is 0 Å². The van der Waals surface area contributed by atoms with E-state index < -0.39 is 0 Å². The third-order valence-electron chi connectivity index (χ3n) is 4.49. The maximum atomic E-state index is 4.76. The highest BCUT2D eigenvalue weighted by Gasteiger charge is 2.28. The van der Waals surface area contributed by atoms with E-state index in [1.54, 1.807) is 0 Å². The van der Waals surface area contributed by atoms with Crippen LogP contribution < -0.4 is 4.90 Å². The minimum absolute atomic E-state index is 0.474. The van der Waals surface area contributed by atoms with Crippen LogP contribution in [0.1, 0.15) is 66.0 Å². The molecule has 0 aromatic carbocycles. The predicted octanol–water partition coefficient (Wildman–Crippen LogP) is 4.25. The lowest BCUT2D eigenvalue weighted by molar-refractivity contribution is 0.205. The molecule has 0 amide bonds. The summed E-state index contributed by atoms with van der Waals surface area (Å²) >= 11 is 0. The Labute approximate surface area is 130 Å². The zero-order chi connectivity index (χ0) is 15.6. The third-order valence-corrected chi connectivity index (χ3v) is 4.49. The van der Waals surface area contributed by atoms with E-state index in [2.05, 4.69) is 69.7 Å². The van der Waals surface area contributed by atoms with Gasteiger partial charge in [-0.05, 0) is 72.6 Å². The molecule has 0 saturated carbocycles. The van der Waals surface area contributed by atoms with Crippen LogP contribution in [0.15, 0.2) is 18.3 Å². The van der Waals surface area contributed by atoms with E-state index in [0.29, 0.717) is 24.2 Å². The topological polar surface area (TPSA) is 19.4 Å². The summed E-state index contributed by atoms with van der Waals surface area (Å²) in [5.41, 5.74) is 1.37. The fourth-order valence-corrected chi connectivity index (χ4v) is 3.64. The molecule has 1 unspecified atom stereocenters. The number of hydrogen-bond donors (Lipinski definition) is 0. The van der Waals surface area contributed by atoms with Crippen molar-refractivity contribution in [1.29, 1.82) is 0 Å². The van der Waals surface area contributed by atoms with Crippen LogP contribution in [-0.2, 0) is 0 Å². The summed E-state index contributed by atoms with van der Waals surface area (Å²) in [7, 11) is 0. The van der Waals surface area contributed by atoms with Gasteiger partial charge in [-0.3, -0.25) is 4.90 Å². The van der Waals surface area contributed by atoms with Gasteiger partial charge in [-0.1, -0.05) is 6.07 Å². The standard InChI is InChI=1S/C18H31N3/c1-13(2)20-11-7-8-17(20)16-9-10-18(19-12-16)21(14(3)4)15(5)6/h9-10,12-15,17H,7-8,11H2,1-6H3. The molecule has 1 aromatic rings. The maximum absolute atomic E-state index is 4.76. The molecule has 1 aliphatic heterocycles. The summed E-state index contributed by atoms with van der Waals surface area (Å²) in [4.78, 5) is 9.73. The monoisotopic (exact) mass is 289 g/mol. The van der Waals surface area contributed by atoms with Gasteiger partial charge in [0.25, 0.3) is 0 Å². The van der Waals surface area contributed by atoms with Crippen LogP contribution in [0.2, 0.25) is 0 Å². The summed E-state index contributed by atoms with van der Waals surface area (Å²) in [5, 5.41) is 0. The maximum Gasteiger partial charge on any atom is 0.128 e. The van der Waals surface area contributed by atoms with Gasteiger partial charge in [-0.25, -0.2) is 4.98 Å². The molecule has 0 spiro atoms. The second kappa shape index (κ2) is 6.78. The number of likely N-dealkylation sites (tertiary alicyclic amines) is 1. The second-order valence-corrected chi connectivity index (χ2v) is 7.03. The van der Waals surface area contributed by atoms with Crippen molar-refractivity contribution in [1.82, 2.24) is 9.88 Å². The van der Waals surface area contributed by atoms with E-state index in [9.17, 15) is 0 Å². The van der Waals surface area contributed by atoms with E-state index >= 15 is 0 Å². The zero-order valence-electron chi connectivity index (χ0n) is 14.5. The highest BCUT2D eigenvalue weighted by Crippen LogP contribution is 2.33. The Balaban J connectivity index is 2.18. The highest BCUT2D eigenvalue weighted by atomic mass is 15.2. The van der Waals surface area contributed by atoms with Crippen molar-refractivity contribution in [2.45, 2.75) is 78.6 Å². The van der Waals surface area contributed by atoms with Crippen LogP contribution in [0, 0.1) is 0 Å². The van der Waals surface area contributed by atoms with Crippen LogP contribution in [0.4, 0.5) is 5.82 Å². The third kappa shape index (κ3) is 3.57. The van der Waals surface area contributed by atoms with Crippen molar-refractivity contribution in [3.8, 4) is 0 Å². The van der Waals surface area contributed by atoms with E-state index in [1.807, 2.05) is 0 Å². The molecule has 0 aliphatic carbocycles. The number of pyridine rings is 1. The first-order chi connectivity index (χ1) is 9.91. The smallest absolute Gasteiger partial charge is 0.128 e. The molecule has 3 nitrogen and oxygen atoms in total. The molecule has 118 valence electrons. The molecule has 0 radical (unpaired) electrons. The summed E-state index contributed by atoms with van der Waals surface area (Å²) in [5.74, 6) is 1.10. The van der Waals surface area contributed by atoms with Gasteiger partial charge in [-0.2, -0.15) is 0 Å². The molecule has 2 rings (SSSR count). The van der Waals surface area contributed by atoms with Crippen molar-refractivity contribution < 1.29 is 0 Å². The summed E-state index contributed by atoms with van der Waals surface area (Å²) in [6.45, 7) is 14.7. The van der Waals surface area contributed by atoms with Crippen LogP contribution in [-0.4, -0.2) is 34.6 Å². The van der Waals surface area contributed by atoms with Gasteiger partial charge in [0.2, 0.25) is 0 Å². The molecular formula is C18H31N3. The summed E-state index contributed by atoms with van der Waals surface area (Å²) in [6, 6.07) is 6.60. The molecule has 1 fully saturated rings. The first-order valence-electron chi connectivity index (χ1n) is 8.41. The van der Waals surface area contributed by atoms with Gasteiger partial charge in [0, 0.05) is 30.4 Å². The lowest BCUT2D eigenvalue weighted by Crippen LogP contribution is -2.37. The number of hydrogen-bond acceptors (Lipinski definition) is 3. The van der Waals surface area contributed by atoms with Crippen molar-refractivity contribution in [2.75, 3.05) is 11.4 Å². The van der Waals surface area contributed by atoms with E-state index in [1.165, 1.54) is 24.9 Å². The lowest BCUT2D eigenvalue weighted by Gasteiger charge is -2.32. The summed E-state index contributed by atoms with van der Waals surface area (Å²) < 4.78 is 0. The average molecular weight is 289 g/mol. The molecule has 1 saturated heterocycles. The Morgan fingerprint density at radius 1 is 1.10 bits per heavy atom. The van der Waals surface area contributed by atoms with E-state index in [4.69, 9.17) is 4.98 Å². The zero-order valence-corrected chi connectivity index (χ0v) is 14.5. The molecule has 1 aliphatic rings. The van der Waals surface area contributed by atoms with Gasteiger partial charge in [-0.15, -0.1) is 0 Å². The van der Waals surface area contributed by atoms with Gasteiger partial charge >= 0.3 is 0 Å². The second-order valence-electron chi connectivity index (χ2n) is 7.03. The SMILES string of the molecule is CC(C)N1CCCC1c1ccc(N(C(C)C)C(C)C)nc1. The minimum atomic E-state index is 0.474. The Hall–Kier alpha value is -1.09. The highest BCUT2D eigenvalue weighted by molar-refractivity contribution is 5.41. The number of aromatic nitrogens is 1. The molecule has 21 heavy (non-hydrogen) atoms. The van der Waals surface area contributed by atoms with Crippen LogP contribution in [0.25, 0.3) is 0 Å². The minimum Gasteiger partial charge on any atom is -0.352 e.